The highest BCUT2D eigenvalue weighted by Crippen LogP contribution is 2.20. The van der Waals surface area contributed by atoms with E-state index >= 15 is 0 Å². The van der Waals surface area contributed by atoms with Gasteiger partial charge in [-0.1, -0.05) is 30.3 Å². The third-order valence-corrected chi connectivity index (χ3v) is 4.76. The van der Waals surface area contributed by atoms with Crippen molar-refractivity contribution in [2.75, 3.05) is 18.0 Å². The predicted molar refractivity (Wildman–Crippen MR) is 102 cm³/mol. The summed E-state index contributed by atoms with van der Waals surface area (Å²) in [6.45, 7) is 6.90. The Morgan fingerprint density at radius 3 is 2.40 bits per heavy atom. The molecule has 2 heterocycles. The van der Waals surface area contributed by atoms with Crippen LogP contribution in [0.5, 0.6) is 0 Å². The first-order chi connectivity index (χ1) is 12.1. The van der Waals surface area contributed by atoms with E-state index in [2.05, 4.69) is 48.0 Å². The quantitative estimate of drug-likeness (QED) is 0.823. The summed E-state index contributed by atoms with van der Waals surface area (Å²) in [6, 6.07) is 14.7. The van der Waals surface area contributed by atoms with Crippen LogP contribution in [0.2, 0.25) is 0 Å². The van der Waals surface area contributed by atoms with Crippen LogP contribution in [0.25, 0.3) is 0 Å². The molecule has 0 radical (unpaired) electrons. The number of carbonyl (C=O) groups excluding carboxylic acids is 1. The zero-order valence-electron chi connectivity index (χ0n) is 15.2. The van der Waals surface area contributed by atoms with Crippen LogP contribution < -0.4 is 4.90 Å². The van der Waals surface area contributed by atoms with E-state index in [0.717, 1.165) is 38.2 Å². The number of nitrogens with zero attached hydrogens (tertiary/aromatic N) is 3. The summed E-state index contributed by atoms with van der Waals surface area (Å²) < 4.78 is 0. The molecule has 1 aromatic heterocycles. The lowest BCUT2D eigenvalue weighted by molar-refractivity contribution is 0.0718. The molecule has 0 aliphatic carbocycles. The van der Waals surface area contributed by atoms with Gasteiger partial charge in [-0.05, 0) is 50.8 Å². The van der Waals surface area contributed by atoms with Crippen LogP contribution in [0, 0.1) is 0 Å². The first-order valence-corrected chi connectivity index (χ1v) is 9.21. The van der Waals surface area contributed by atoms with E-state index in [-0.39, 0.29) is 5.91 Å². The summed E-state index contributed by atoms with van der Waals surface area (Å²) in [5, 5.41) is 0. The van der Waals surface area contributed by atoms with Crippen molar-refractivity contribution in [2.45, 2.75) is 45.7 Å². The van der Waals surface area contributed by atoms with Gasteiger partial charge in [-0.3, -0.25) is 4.79 Å². The minimum absolute atomic E-state index is 0.0606. The lowest BCUT2D eigenvalue weighted by Crippen LogP contribution is -2.36. The normalized spacial score (nSPS) is 14.6. The molecule has 132 valence electrons. The lowest BCUT2D eigenvalue weighted by Gasteiger charge is -2.29. The Morgan fingerprint density at radius 1 is 1.08 bits per heavy atom. The van der Waals surface area contributed by atoms with Crippen molar-refractivity contribution < 1.29 is 4.79 Å². The van der Waals surface area contributed by atoms with Crippen molar-refractivity contribution in [1.82, 2.24) is 9.88 Å². The van der Waals surface area contributed by atoms with E-state index in [0.29, 0.717) is 11.7 Å². The van der Waals surface area contributed by atoms with Gasteiger partial charge in [-0.25, -0.2) is 4.98 Å². The highest BCUT2D eigenvalue weighted by atomic mass is 16.2. The molecule has 0 unspecified atom stereocenters. The molecule has 0 atom stereocenters. The summed E-state index contributed by atoms with van der Waals surface area (Å²) in [5.41, 5.74) is 2.87. The van der Waals surface area contributed by atoms with Gasteiger partial charge in [0.25, 0.3) is 5.91 Å². The summed E-state index contributed by atoms with van der Waals surface area (Å²) in [6.07, 6.45) is 5.25. The number of rotatable bonds is 5. The Hall–Kier alpha value is -2.36. The van der Waals surface area contributed by atoms with Crippen LogP contribution in [0.4, 0.5) is 5.69 Å². The molecule has 1 amide bonds. The van der Waals surface area contributed by atoms with Crippen molar-refractivity contribution in [1.29, 1.82) is 0 Å². The van der Waals surface area contributed by atoms with Crippen LogP contribution in [-0.4, -0.2) is 34.9 Å². The minimum Gasteiger partial charge on any atom is -0.364 e. The van der Waals surface area contributed by atoms with E-state index in [4.69, 9.17) is 0 Å². The van der Waals surface area contributed by atoms with Gasteiger partial charge in [0.05, 0.1) is 11.9 Å². The fourth-order valence-corrected chi connectivity index (χ4v) is 3.29. The molecule has 1 saturated heterocycles. The molecule has 2 aromatic rings. The van der Waals surface area contributed by atoms with Crippen molar-refractivity contribution in [3.8, 4) is 0 Å². The molecular formula is C21H27N3O. The third kappa shape index (κ3) is 4.38. The van der Waals surface area contributed by atoms with Gasteiger partial charge in [0.15, 0.2) is 0 Å². The summed E-state index contributed by atoms with van der Waals surface area (Å²) in [4.78, 5) is 21.3. The molecule has 1 fully saturated rings. The van der Waals surface area contributed by atoms with Gasteiger partial charge in [0, 0.05) is 25.7 Å². The predicted octanol–water partition coefficient (Wildman–Crippen LogP) is 4.12. The molecule has 4 heteroatoms. The second kappa shape index (κ2) is 8.15. The maximum absolute atomic E-state index is 12.6. The maximum Gasteiger partial charge on any atom is 0.272 e. The number of pyridine rings is 1. The van der Waals surface area contributed by atoms with Crippen molar-refractivity contribution in [3.05, 3.63) is 59.9 Å². The van der Waals surface area contributed by atoms with E-state index in [1.165, 1.54) is 12.0 Å². The van der Waals surface area contributed by atoms with Crippen LogP contribution >= 0.6 is 0 Å². The van der Waals surface area contributed by atoms with Gasteiger partial charge in [0.2, 0.25) is 0 Å². The van der Waals surface area contributed by atoms with Crippen molar-refractivity contribution in [2.24, 2.45) is 0 Å². The van der Waals surface area contributed by atoms with Gasteiger partial charge in [0.1, 0.15) is 5.69 Å². The van der Waals surface area contributed by atoms with E-state index in [9.17, 15) is 4.79 Å². The van der Waals surface area contributed by atoms with Crippen LogP contribution in [0.3, 0.4) is 0 Å². The molecule has 4 nitrogen and oxygen atoms in total. The fourth-order valence-electron chi connectivity index (χ4n) is 3.29. The SMILES string of the molecule is CC(C)N(Cc1ccccc1)c1ccc(C(=O)N2CCCCC2)nc1. The van der Waals surface area contributed by atoms with Gasteiger partial charge in [-0.15, -0.1) is 0 Å². The fraction of sp³-hybridized carbons (Fsp3) is 0.429. The van der Waals surface area contributed by atoms with Gasteiger partial charge < -0.3 is 9.80 Å². The van der Waals surface area contributed by atoms with Crippen LogP contribution in [-0.2, 0) is 6.54 Å². The number of anilines is 1. The molecular weight excluding hydrogens is 310 g/mol. The largest absolute Gasteiger partial charge is 0.364 e. The molecule has 3 rings (SSSR count). The average Bonchev–Trinajstić information content (AvgIpc) is 2.67. The monoisotopic (exact) mass is 337 g/mol. The van der Waals surface area contributed by atoms with E-state index < -0.39 is 0 Å². The number of benzene rings is 1. The Morgan fingerprint density at radius 2 is 1.80 bits per heavy atom. The molecule has 0 bridgehead atoms. The summed E-state index contributed by atoms with van der Waals surface area (Å²) in [5.74, 6) is 0.0606. The molecule has 25 heavy (non-hydrogen) atoms. The molecule has 0 spiro atoms. The minimum atomic E-state index is 0.0606. The highest BCUT2D eigenvalue weighted by molar-refractivity contribution is 5.92. The number of aromatic nitrogens is 1. The number of likely N-dealkylation sites (tertiary alicyclic amines) is 1. The standard InChI is InChI=1S/C21H27N3O/c1-17(2)24(16-18-9-5-3-6-10-18)19-11-12-20(22-15-19)21(25)23-13-7-4-8-14-23/h3,5-6,9-12,15,17H,4,7-8,13-14,16H2,1-2H3. The molecule has 0 saturated carbocycles. The smallest absolute Gasteiger partial charge is 0.272 e. The maximum atomic E-state index is 12.6. The Labute approximate surface area is 150 Å². The Kier molecular flexibility index (Phi) is 5.69. The first-order valence-electron chi connectivity index (χ1n) is 9.21. The molecule has 1 aromatic carbocycles. The lowest BCUT2D eigenvalue weighted by atomic mass is 10.1. The number of carbonyl (C=O) groups is 1. The third-order valence-electron chi connectivity index (χ3n) is 4.76. The molecule has 1 aliphatic heterocycles. The molecule has 1 aliphatic rings. The summed E-state index contributed by atoms with van der Waals surface area (Å²) in [7, 11) is 0. The zero-order valence-corrected chi connectivity index (χ0v) is 15.2. The number of hydrogen-bond donors (Lipinski definition) is 0. The molecule has 0 N–H and O–H groups in total. The Balaban J connectivity index is 1.73. The van der Waals surface area contributed by atoms with E-state index in [1.54, 1.807) is 0 Å². The average molecular weight is 337 g/mol. The Bertz CT molecular complexity index is 676. The van der Waals surface area contributed by atoms with Gasteiger partial charge in [-0.2, -0.15) is 0 Å². The van der Waals surface area contributed by atoms with Gasteiger partial charge >= 0.3 is 0 Å². The van der Waals surface area contributed by atoms with Crippen LogP contribution in [0.15, 0.2) is 48.7 Å². The van der Waals surface area contributed by atoms with Crippen LogP contribution in [0.1, 0.15) is 49.2 Å². The van der Waals surface area contributed by atoms with Crippen molar-refractivity contribution >= 4 is 11.6 Å². The highest BCUT2D eigenvalue weighted by Gasteiger charge is 2.20. The zero-order chi connectivity index (χ0) is 17.6. The van der Waals surface area contributed by atoms with Crippen molar-refractivity contribution in [3.63, 3.8) is 0 Å². The second-order valence-electron chi connectivity index (χ2n) is 6.96. The number of amides is 1. The first kappa shape index (κ1) is 17.5. The van der Waals surface area contributed by atoms with E-state index in [1.807, 2.05) is 29.3 Å². The summed E-state index contributed by atoms with van der Waals surface area (Å²) >= 11 is 0. The second-order valence-corrected chi connectivity index (χ2v) is 6.96. The number of piperidine rings is 1. The number of hydrogen-bond acceptors (Lipinski definition) is 3. The topological polar surface area (TPSA) is 36.4 Å².